The number of halogens is 1. The highest BCUT2D eigenvalue weighted by Crippen LogP contribution is 2.14. The van der Waals surface area contributed by atoms with E-state index in [4.69, 9.17) is 5.73 Å². The van der Waals surface area contributed by atoms with Gasteiger partial charge < -0.3 is 10.5 Å². The number of carbonyl (C=O) groups excluding carboxylic acids is 1. The van der Waals surface area contributed by atoms with Crippen molar-refractivity contribution in [3.63, 3.8) is 0 Å². The molecular weight excluding hydrogens is 209 g/mol. The Balaban J connectivity index is 2.70. The standard InChI is InChI=1S/C12H12FNO2/c1-2-16-11(15)8-4-6-9-5-3-7-10(13)12(9)14/h3,5,7H,2,8,14H2,1H3. The molecule has 3 nitrogen and oxygen atoms in total. The molecule has 0 aliphatic carbocycles. The Morgan fingerprint density at radius 3 is 3.00 bits per heavy atom. The lowest BCUT2D eigenvalue weighted by atomic mass is 10.2. The Labute approximate surface area is 93.4 Å². The van der Waals surface area contributed by atoms with Crippen molar-refractivity contribution in [1.29, 1.82) is 0 Å². The van der Waals surface area contributed by atoms with Gasteiger partial charge in [-0.3, -0.25) is 4.79 Å². The van der Waals surface area contributed by atoms with E-state index in [1.807, 2.05) is 0 Å². The van der Waals surface area contributed by atoms with E-state index in [0.29, 0.717) is 12.2 Å². The van der Waals surface area contributed by atoms with Crippen molar-refractivity contribution >= 4 is 11.7 Å². The second-order valence-corrected chi connectivity index (χ2v) is 2.98. The molecule has 0 saturated heterocycles. The molecule has 1 rings (SSSR count). The van der Waals surface area contributed by atoms with Crippen molar-refractivity contribution in [3.8, 4) is 11.8 Å². The lowest BCUT2D eigenvalue weighted by Gasteiger charge is -1.98. The molecule has 0 saturated carbocycles. The molecule has 0 fully saturated rings. The summed E-state index contributed by atoms with van der Waals surface area (Å²) in [4.78, 5) is 11.0. The SMILES string of the molecule is CCOC(=O)CC#Cc1cccc(F)c1N. The summed E-state index contributed by atoms with van der Waals surface area (Å²) in [7, 11) is 0. The Kier molecular flexibility index (Phi) is 4.34. The third kappa shape index (κ3) is 3.28. The molecule has 0 heterocycles. The van der Waals surface area contributed by atoms with Gasteiger partial charge in [0, 0.05) is 0 Å². The van der Waals surface area contributed by atoms with Crippen LogP contribution in [-0.2, 0) is 9.53 Å². The number of carbonyl (C=O) groups is 1. The Bertz CT molecular complexity index is 446. The molecule has 1 aromatic carbocycles. The van der Waals surface area contributed by atoms with Gasteiger partial charge >= 0.3 is 5.97 Å². The van der Waals surface area contributed by atoms with Crippen molar-refractivity contribution in [2.24, 2.45) is 0 Å². The van der Waals surface area contributed by atoms with Crippen molar-refractivity contribution in [1.82, 2.24) is 0 Å². The van der Waals surface area contributed by atoms with Crippen LogP contribution in [0.4, 0.5) is 10.1 Å². The zero-order valence-electron chi connectivity index (χ0n) is 8.92. The fourth-order valence-corrected chi connectivity index (χ4v) is 1.07. The summed E-state index contributed by atoms with van der Waals surface area (Å²) >= 11 is 0. The number of esters is 1. The minimum Gasteiger partial charge on any atom is -0.465 e. The molecule has 0 radical (unpaired) electrons. The third-order valence-corrected chi connectivity index (χ3v) is 1.81. The van der Waals surface area contributed by atoms with Crippen LogP contribution >= 0.6 is 0 Å². The highest BCUT2D eigenvalue weighted by molar-refractivity contribution is 5.72. The third-order valence-electron chi connectivity index (χ3n) is 1.81. The quantitative estimate of drug-likeness (QED) is 0.470. The molecule has 0 atom stereocenters. The Morgan fingerprint density at radius 2 is 2.31 bits per heavy atom. The average Bonchev–Trinajstić information content (AvgIpc) is 2.25. The second-order valence-electron chi connectivity index (χ2n) is 2.98. The molecule has 2 N–H and O–H groups in total. The average molecular weight is 221 g/mol. The second kappa shape index (κ2) is 5.76. The Morgan fingerprint density at radius 1 is 1.56 bits per heavy atom. The minimum atomic E-state index is -0.511. The molecule has 84 valence electrons. The first kappa shape index (κ1) is 12.1. The zero-order valence-corrected chi connectivity index (χ0v) is 8.92. The van der Waals surface area contributed by atoms with Crippen LogP contribution in [0, 0.1) is 17.7 Å². The van der Waals surface area contributed by atoms with Crippen molar-refractivity contribution in [3.05, 3.63) is 29.6 Å². The van der Waals surface area contributed by atoms with Gasteiger partial charge in [-0.1, -0.05) is 17.9 Å². The van der Waals surface area contributed by atoms with E-state index in [0.717, 1.165) is 0 Å². The summed E-state index contributed by atoms with van der Waals surface area (Å²) in [5.41, 5.74) is 5.84. The van der Waals surface area contributed by atoms with E-state index in [9.17, 15) is 9.18 Å². The summed E-state index contributed by atoms with van der Waals surface area (Å²) in [6, 6.07) is 4.36. The van der Waals surface area contributed by atoms with E-state index in [1.165, 1.54) is 12.1 Å². The molecule has 0 aromatic heterocycles. The minimum absolute atomic E-state index is 0.00106. The number of para-hydroxylation sites is 1. The predicted molar refractivity (Wildman–Crippen MR) is 58.9 cm³/mol. The smallest absolute Gasteiger partial charge is 0.317 e. The molecular formula is C12H12FNO2. The summed E-state index contributed by atoms with van der Waals surface area (Å²) in [5, 5.41) is 0. The van der Waals surface area contributed by atoms with Crippen LogP contribution in [0.5, 0.6) is 0 Å². The number of benzene rings is 1. The van der Waals surface area contributed by atoms with E-state index in [2.05, 4.69) is 16.6 Å². The normalized spacial score (nSPS) is 9.12. The van der Waals surface area contributed by atoms with Gasteiger partial charge in [0.05, 0.1) is 17.9 Å². The molecule has 0 aliphatic heterocycles. The number of nitrogens with two attached hydrogens (primary N) is 1. The van der Waals surface area contributed by atoms with Gasteiger partial charge in [0.2, 0.25) is 0 Å². The van der Waals surface area contributed by atoms with E-state index >= 15 is 0 Å². The van der Waals surface area contributed by atoms with Gasteiger partial charge in [0.25, 0.3) is 0 Å². The van der Waals surface area contributed by atoms with Crippen LogP contribution in [0.2, 0.25) is 0 Å². The lowest BCUT2D eigenvalue weighted by Crippen LogP contribution is -2.01. The van der Waals surface area contributed by atoms with Crippen molar-refractivity contribution in [2.75, 3.05) is 12.3 Å². The van der Waals surface area contributed by atoms with Crippen LogP contribution in [0.1, 0.15) is 18.9 Å². The molecule has 16 heavy (non-hydrogen) atoms. The van der Waals surface area contributed by atoms with Gasteiger partial charge in [-0.05, 0) is 19.1 Å². The zero-order chi connectivity index (χ0) is 12.0. The topological polar surface area (TPSA) is 52.3 Å². The number of hydrogen-bond donors (Lipinski definition) is 1. The van der Waals surface area contributed by atoms with Crippen LogP contribution in [0.15, 0.2) is 18.2 Å². The van der Waals surface area contributed by atoms with Gasteiger partial charge in [0.1, 0.15) is 12.2 Å². The highest BCUT2D eigenvalue weighted by Gasteiger charge is 2.01. The maximum absolute atomic E-state index is 13.0. The van der Waals surface area contributed by atoms with Gasteiger partial charge in [-0.25, -0.2) is 4.39 Å². The van der Waals surface area contributed by atoms with Gasteiger partial charge in [0.15, 0.2) is 0 Å². The summed E-state index contributed by atoms with van der Waals surface area (Å²) in [5.74, 6) is 4.30. The largest absolute Gasteiger partial charge is 0.465 e. The molecule has 0 aliphatic rings. The number of hydrogen-bond acceptors (Lipinski definition) is 3. The first-order chi connectivity index (χ1) is 7.65. The number of anilines is 1. The molecule has 0 spiro atoms. The summed E-state index contributed by atoms with van der Waals surface area (Å²) in [6.07, 6.45) is -0.0240. The van der Waals surface area contributed by atoms with Gasteiger partial charge in [-0.15, -0.1) is 0 Å². The molecule has 0 unspecified atom stereocenters. The highest BCUT2D eigenvalue weighted by atomic mass is 19.1. The Hall–Kier alpha value is -2.02. The monoisotopic (exact) mass is 221 g/mol. The van der Waals surface area contributed by atoms with Crippen LogP contribution in [-0.4, -0.2) is 12.6 Å². The summed E-state index contributed by atoms with van der Waals surface area (Å²) < 4.78 is 17.7. The van der Waals surface area contributed by atoms with E-state index in [1.54, 1.807) is 13.0 Å². The molecule has 4 heteroatoms. The van der Waals surface area contributed by atoms with Crippen LogP contribution in [0.3, 0.4) is 0 Å². The van der Waals surface area contributed by atoms with Crippen LogP contribution < -0.4 is 5.73 Å². The maximum Gasteiger partial charge on any atom is 0.317 e. The van der Waals surface area contributed by atoms with Crippen LogP contribution in [0.25, 0.3) is 0 Å². The lowest BCUT2D eigenvalue weighted by molar-refractivity contribution is -0.141. The van der Waals surface area contributed by atoms with Crippen molar-refractivity contribution < 1.29 is 13.9 Å². The van der Waals surface area contributed by atoms with Crippen molar-refractivity contribution in [2.45, 2.75) is 13.3 Å². The fraction of sp³-hybridized carbons (Fsp3) is 0.250. The molecule has 1 aromatic rings. The number of nitrogen functional groups attached to an aromatic ring is 1. The first-order valence-corrected chi connectivity index (χ1v) is 4.83. The van der Waals surface area contributed by atoms with Gasteiger partial charge in [-0.2, -0.15) is 0 Å². The molecule has 0 amide bonds. The first-order valence-electron chi connectivity index (χ1n) is 4.83. The predicted octanol–water partition coefficient (Wildman–Crippen LogP) is 1.71. The molecule has 0 bridgehead atoms. The maximum atomic E-state index is 13.0. The fourth-order valence-electron chi connectivity index (χ4n) is 1.07. The number of rotatable bonds is 2. The number of ether oxygens (including phenoxy) is 1. The van der Waals surface area contributed by atoms with E-state index in [-0.39, 0.29) is 12.1 Å². The summed E-state index contributed by atoms with van der Waals surface area (Å²) in [6.45, 7) is 2.04. The van der Waals surface area contributed by atoms with E-state index < -0.39 is 11.8 Å².